The summed E-state index contributed by atoms with van der Waals surface area (Å²) in [6.45, 7) is 2.05. The van der Waals surface area contributed by atoms with Gasteiger partial charge in [-0.05, 0) is 78.2 Å². The molecule has 8 nitrogen and oxygen atoms in total. The fourth-order valence-electron chi connectivity index (χ4n) is 4.66. The summed E-state index contributed by atoms with van der Waals surface area (Å²) >= 11 is 6.21. The highest BCUT2D eigenvalue weighted by molar-refractivity contribution is 6.30. The van der Waals surface area contributed by atoms with Crippen molar-refractivity contribution in [2.45, 2.75) is 13.5 Å². The molecule has 0 spiro atoms. The van der Waals surface area contributed by atoms with Crippen LogP contribution in [0.4, 0.5) is 11.4 Å². The van der Waals surface area contributed by atoms with Crippen molar-refractivity contribution in [3.05, 3.63) is 142 Å². The number of hydrogen-bond acceptors (Lipinski definition) is 5. The molecule has 0 saturated heterocycles. The van der Waals surface area contributed by atoms with Crippen LogP contribution >= 0.6 is 11.6 Å². The Morgan fingerprint density at radius 3 is 2.23 bits per heavy atom. The summed E-state index contributed by atoms with van der Waals surface area (Å²) in [5.74, 6) is -1.27. The molecule has 1 heterocycles. The lowest BCUT2D eigenvalue weighted by Crippen LogP contribution is -2.26. The number of ether oxygens (including phenoxy) is 1. The van der Waals surface area contributed by atoms with Gasteiger partial charge in [-0.3, -0.25) is 14.6 Å². The van der Waals surface area contributed by atoms with Crippen LogP contribution in [0.2, 0.25) is 5.02 Å². The van der Waals surface area contributed by atoms with Gasteiger partial charge in [0.15, 0.2) is 0 Å². The number of amides is 2. The number of hydrogen-bond donors (Lipinski definition) is 2. The lowest BCUT2D eigenvalue weighted by Gasteiger charge is -2.21. The SMILES string of the molecule is Cc1ccccc1-c1ccccc1C(=O)Nc1ccc(C(=O)N(C)c2ccc(Cl)cc2OCc2ccc(C(=O)O)cn2)cc1. The van der Waals surface area contributed by atoms with Gasteiger partial charge in [-0.15, -0.1) is 0 Å². The van der Waals surface area contributed by atoms with Gasteiger partial charge < -0.3 is 20.1 Å². The molecule has 0 aliphatic heterocycles. The lowest BCUT2D eigenvalue weighted by atomic mass is 9.95. The van der Waals surface area contributed by atoms with E-state index in [0.717, 1.165) is 16.7 Å². The van der Waals surface area contributed by atoms with Gasteiger partial charge in [-0.25, -0.2) is 4.79 Å². The molecule has 44 heavy (non-hydrogen) atoms. The van der Waals surface area contributed by atoms with Gasteiger partial charge in [-0.1, -0.05) is 54.1 Å². The minimum absolute atomic E-state index is 0.0383. The van der Waals surface area contributed by atoms with E-state index >= 15 is 0 Å². The number of aromatic carboxylic acids is 1. The third-order valence-corrected chi connectivity index (χ3v) is 7.27. The number of anilines is 2. The van der Waals surface area contributed by atoms with E-state index in [9.17, 15) is 14.4 Å². The molecule has 0 bridgehead atoms. The Labute approximate surface area is 259 Å². The Hall–Kier alpha value is -5.47. The molecule has 0 atom stereocenters. The van der Waals surface area contributed by atoms with Crippen LogP contribution in [-0.2, 0) is 6.61 Å². The van der Waals surface area contributed by atoms with Crippen molar-refractivity contribution in [1.82, 2.24) is 4.98 Å². The Balaban J connectivity index is 1.29. The molecule has 4 aromatic carbocycles. The second-order valence-corrected chi connectivity index (χ2v) is 10.4. The number of carboxylic acid groups (broad SMARTS) is 1. The zero-order chi connectivity index (χ0) is 31.2. The maximum atomic E-state index is 13.4. The summed E-state index contributed by atoms with van der Waals surface area (Å²) < 4.78 is 5.93. The monoisotopic (exact) mass is 605 g/mol. The van der Waals surface area contributed by atoms with Crippen molar-refractivity contribution in [3.8, 4) is 16.9 Å². The molecule has 0 saturated carbocycles. The van der Waals surface area contributed by atoms with E-state index in [1.807, 2.05) is 49.4 Å². The maximum Gasteiger partial charge on any atom is 0.337 e. The van der Waals surface area contributed by atoms with E-state index < -0.39 is 5.97 Å². The minimum atomic E-state index is -1.07. The highest BCUT2D eigenvalue weighted by Gasteiger charge is 2.19. The van der Waals surface area contributed by atoms with Crippen LogP contribution in [0.5, 0.6) is 5.75 Å². The summed E-state index contributed by atoms with van der Waals surface area (Å²) in [4.78, 5) is 43.3. The molecule has 2 N–H and O–H groups in total. The Kier molecular flexibility index (Phi) is 9.02. The Morgan fingerprint density at radius 1 is 0.864 bits per heavy atom. The molecule has 2 amide bonds. The molecule has 5 rings (SSSR count). The molecular formula is C35H28ClN3O5. The number of aromatic nitrogens is 1. The molecule has 0 fully saturated rings. The minimum Gasteiger partial charge on any atom is -0.485 e. The zero-order valence-corrected chi connectivity index (χ0v) is 24.7. The van der Waals surface area contributed by atoms with Gasteiger partial charge in [0.05, 0.1) is 16.9 Å². The van der Waals surface area contributed by atoms with Crippen LogP contribution in [0.1, 0.15) is 42.3 Å². The standard InChI is InChI=1S/C35H28ClN3O5/c1-22-7-3-4-8-28(22)29-9-5-6-10-30(29)33(40)38-26-15-11-23(12-16-26)34(41)39(2)31-18-14-25(36)19-32(31)44-21-27-17-13-24(20-37-27)35(42)43/h3-20H,21H2,1-2H3,(H,38,40)(H,42,43). The van der Waals surface area contributed by atoms with Gasteiger partial charge in [-0.2, -0.15) is 0 Å². The first-order chi connectivity index (χ1) is 21.2. The van der Waals surface area contributed by atoms with Gasteiger partial charge in [0.2, 0.25) is 0 Å². The van der Waals surface area contributed by atoms with Crippen LogP contribution in [-0.4, -0.2) is 34.9 Å². The maximum absolute atomic E-state index is 13.4. The molecule has 0 aliphatic rings. The third kappa shape index (κ3) is 6.77. The van der Waals surface area contributed by atoms with E-state index in [4.69, 9.17) is 21.4 Å². The molecule has 220 valence electrons. The number of rotatable bonds is 9. The number of carboxylic acids is 1. The molecule has 0 aliphatic carbocycles. The summed E-state index contributed by atoms with van der Waals surface area (Å²) in [6, 6.07) is 29.9. The van der Waals surface area contributed by atoms with E-state index in [0.29, 0.717) is 39.0 Å². The topological polar surface area (TPSA) is 109 Å². The summed E-state index contributed by atoms with van der Waals surface area (Å²) in [5.41, 5.74) is 5.44. The number of carbonyl (C=O) groups excluding carboxylic acids is 2. The second-order valence-electron chi connectivity index (χ2n) is 10.0. The van der Waals surface area contributed by atoms with E-state index in [-0.39, 0.29) is 24.0 Å². The van der Waals surface area contributed by atoms with E-state index in [1.54, 1.807) is 61.6 Å². The van der Waals surface area contributed by atoms with Crippen molar-refractivity contribution in [2.24, 2.45) is 0 Å². The smallest absolute Gasteiger partial charge is 0.337 e. The van der Waals surface area contributed by atoms with Crippen molar-refractivity contribution in [1.29, 1.82) is 0 Å². The normalized spacial score (nSPS) is 10.6. The lowest BCUT2D eigenvalue weighted by molar-refractivity contribution is 0.0695. The predicted molar refractivity (Wildman–Crippen MR) is 171 cm³/mol. The van der Waals surface area contributed by atoms with Crippen molar-refractivity contribution < 1.29 is 24.2 Å². The largest absolute Gasteiger partial charge is 0.485 e. The first kappa shape index (κ1) is 30.0. The van der Waals surface area contributed by atoms with Gasteiger partial charge in [0.1, 0.15) is 12.4 Å². The first-order valence-electron chi connectivity index (χ1n) is 13.7. The van der Waals surface area contributed by atoms with Gasteiger partial charge >= 0.3 is 5.97 Å². The number of benzene rings is 4. The van der Waals surface area contributed by atoms with Crippen molar-refractivity contribution in [3.63, 3.8) is 0 Å². The zero-order valence-electron chi connectivity index (χ0n) is 24.0. The highest BCUT2D eigenvalue weighted by atomic mass is 35.5. The Bertz CT molecular complexity index is 1840. The third-order valence-electron chi connectivity index (χ3n) is 7.03. The molecule has 0 radical (unpaired) electrons. The number of nitrogens with zero attached hydrogens (tertiary/aromatic N) is 2. The Morgan fingerprint density at radius 2 is 1.55 bits per heavy atom. The average molecular weight is 606 g/mol. The number of aryl methyl sites for hydroxylation is 1. The van der Waals surface area contributed by atoms with E-state index in [2.05, 4.69) is 10.3 Å². The first-order valence-corrected chi connectivity index (χ1v) is 14.0. The van der Waals surface area contributed by atoms with Gasteiger partial charge in [0, 0.05) is 41.1 Å². The quantitative estimate of drug-likeness (QED) is 0.180. The van der Waals surface area contributed by atoms with Crippen LogP contribution in [0.3, 0.4) is 0 Å². The number of halogens is 1. The van der Waals surface area contributed by atoms with Crippen molar-refractivity contribution in [2.75, 3.05) is 17.3 Å². The fraction of sp³-hybridized carbons (Fsp3) is 0.0857. The summed E-state index contributed by atoms with van der Waals surface area (Å²) in [6.07, 6.45) is 1.25. The average Bonchev–Trinajstić information content (AvgIpc) is 3.04. The molecule has 5 aromatic rings. The number of carbonyl (C=O) groups is 3. The summed E-state index contributed by atoms with van der Waals surface area (Å²) in [5, 5.41) is 12.4. The molecular weight excluding hydrogens is 578 g/mol. The number of nitrogens with one attached hydrogen (secondary N) is 1. The van der Waals surface area contributed by atoms with Crippen LogP contribution in [0, 0.1) is 6.92 Å². The van der Waals surface area contributed by atoms with Crippen LogP contribution in [0.15, 0.2) is 109 Å². The molecule has 1 aromatic heterocycles. The number of pyridine rings is 1. The fourth-order valence-corrected chi connectivity index (χ4v) is 4.82. The highest BCUT2D eigenvalue weighted by Crippen LogP contribution is 2.33. The van der Waals surface area contributed by atoms with Crippen molar-refractivity contribution >= 4 is 40.8 Å². The summed E-state index contributed by atoms with van der Waals surface area (Å²) in [7, 11) is 1.62. The molecule has 0 unspecified atom stereocenters. The van der Waals surface area contributed by atoms with Crippen LogP contribution < -0.4 is 15.0 Å². The van der Waals surface area contributed by atoms with Crippen LogP contribution in [0.25, 0.3) is 11.1 Å². The van der Waals surface area contributed by atoms with E-state index in [1.165, 1.54) is 17.2 Å². The molecule has 9 heteroatoms. The second kappa shape index (κ2) is 13.2. The predicted octanol–water partition coefficient (Wildman–Crippen LogP) is 7.52. The van der Waals surface area contributed by atoms with Gasteiger partial charge in [0.25, 0.3) is 11.8 Å².